The highest BCUT2D eigenvalue weighted by atomic mass is 16.5. The summed E-state index contributed by atoms with van der Waals surface area (Å²) in [6, 6.07) is -0.184. The summed E-state index contributed by atoms with van der Waals surface area (Å²) in [5.74, 6) is 1.36. The van der Waals surface area contributed by atoms with Crippen molar-refractivity contribution >= 4 is 0 Å². The summed E-state index contributed by atoms with van der Waals surface area (Å²) in [6.45, 7) is 6.07. The zero-order chi connectivity index (χ0) is 11.4. The number of rotatable bonds is 5. The van der Waals surface area contributed by atoms with E-state index in [4.69, 9.17) is 15.0 Å². The molecule has 0 saturated heterocycles. The van der Waals surface area contributed by atoms with Crippen molar-refractivity contribution in [1.82, 2.24) is 10.1 Å². The van der Waals surface area contributed by atoms with Crippen LogP contribution < -0.4 is 5.73 Å². The summed E-state index contributed by atoms with van der Waals surface area (Å²) in [6.07, 6.45) is 0.646. The Kier molecular flexibility index (Phi) is 4.23. The lowest BCUT2D eigenvalue weighted by molar-refractivity contribution is 0.0555. The van der Waals surface area contributed by atoms with Crippen LogP contribution in [0.15, 0.2) is 4.52 Å². The maximum absolute atomic E-state index is 5.79. The minimum absolute atomic E-state index is 0.133. The van der Waals surface area contributed by atoms with Crippen LogP contribution in [-0.2, 0) is 4.74 Å². The molecule has 0 aliphatic rings. The Hall–Kier alpha value is -0.940. The fourth-order valence-corrected chi connectivity index (χ4v) is 1.36. The summed E-state index contributed by atoms with van der Waals surface area (Å²) in [7, 11) is 1.64. The highest BCUT2D eigenvalue weighted by Gasteiger charge is 2.22. The Bertz CT molecular complexity index is 299. The summed E-state index contributed by atoms with van der Waals surface area (Å²) in [4.78, 5) is 4.25. The second-order valence-corrected chi connectivity index (χ2v) is 3.91. The van der Waals surface area contributed by atoms with Crippen LogP contribution in [0.5, 0.6) is 0 Å². The minimum atomic E-state index is -0.184. The first-order valence-corrected chi connectivity index (χ1v) is 5.22. The molecule has 1 heterocycles. The second-order valence-electron chi connectivity index (χ2n) is 3.91. The summed E-state index contributed by atoms with van der Waals surface area (Å²) in [5, 5.41) is 3.89. The lowest BCUT2D eigenvalue weighted by Gasteiger charge is -2.14. The molecule has 0 fully saturated rings. The molecule has 1 aromatic rings. The van der Waals surface area contributed by atoms with Crippen LogP contribution in [0.1, 0.15) is 51.1 Å². The van der Waals surface area contributed by atoms with Gasteiger partial charge in [0.25, 0.3) is 0 Å². The average molecular weight is 213 g/mol. The molecule has 0 bridgehead atoms. The standard InChI is InChI=1S/C10H19N3O2/c1-5-7(11)10-12-9(13-15-10)8(14-4)6(2)3/h6-8H,5,11H2,1-4H3. The highest BCUT2D eigenvalue weighted by Crippen LogP contribution is 2.23. The highest BCUT2D eigenvalue weighted by molar-refractivity contribution is 4.95. The van der Waals surface area contributed by atoms with Crippen LogP contribution >= 0.6 is 0 Å². The van der Waals surface area contributed by atoms with Gasteiger partial charge in [0.05, 0.1) is 6.04 Å². The van der Waals surface area contributed by atoms with Gasteiger partial charge in [-0.05, 0) is 12.3 Å². The number of aromatic nitrogens is 2. The maximum atomic E-state index is 5.79. The normalized spacial score (nSPS) is 15.6. The SMILES string of the molecule is CCC(N)c1nc(C(OC)C(C)C)no1. The van der Waals surface area contributed by atoms with Crippen LogP contribution in [0, 0.1) is 5.92 Å². The van der Waals surface area contributed by atoms with Crippen molar-refractivity contribution in [2.75, 3.05) is 7.11 Å². The molecular formula is C10H19N3O2. The Balaban J connectivity index is 2.82. The Morgan fingerprint density at radius 1 is 1.47 bits per heavy atom. The van der Waals surface area contributed by atoms with Gasteiger partial charge in [0.2, 0.25) is 11.7 Å². The number of ether oxygens (including phenoxy) is 1. The van der Waals surface area contributed by atoms with Gasteiger partial charge in [-0.25, -0.2) is 0 Å². The zero-order valence-corrected chi connectivity index (χ0v) is 9.73. The quantitative estimate of drug-likeness (QED) is 0.807. The van der Waals surface area contributed by atoms with Gasteiger partial charge in [-0.1, -0.05) is 25.9 Å². The monoisotopic (exact) mass is 213 g/mol. The summed E-state index contributed by atoms with van der Waals surface area (Å²) < 4.78 is 10.4. The van der Waals surface area contributed by atoms with Crippen molar-refractivity contribution in [2.45, 2.75) is 39.3 Å². The van der Waals surface area contributed by atoms with E-state index in [2.05, 4.69) is 10.1 Å². The van der Waals surface area contributed by atoms with Crippen molar-refractivity contribution in [3.8, 4) is 0 Å². The van der Waals surface area contributed by atoms with E-state index in [0.29, 0.717) is 17.6 Å². The van der Waals surface area contributed by atoms with Crippen molar-refractivity contribution < 1.29 is 9.26 Å². The Labute approximate surface area is 90.0 Å². The number of hydrogen-bond acceptors (Lipinski definition) is 5. The predicted octanol–water partition coefficient (Wildman–Crippen LogP) is 1.82. The molecule has 2 unspecified atom stereocenters. The van der Waals surface area contributed by atoms with E-state index in [1.54, 1.807) is 7.11 Å². The van der Waals surface area contributed by atoms with E-state index in [1.807, 2.05) is 20.8 Å². The molecule has 2 N–H and O–H groups in total. The average Bonchev–Trinajstić information content (AvgIpc) is 2.66. The van der Waals surface area contributed by atoms with E-state index in [9.17, 15) is 0 Å². The number of hydrogen-bond donors (Lipinski definition) is 1. The Morgan fingerprint density at radius 3 is 2.60 bits per heavy atom. The third kappa shape index (κ3) is 2.76. The molecule has 0 aliphatic heterocycles. The fraction of sp³-hybridized carbons (Fsp3) is 0.800. The summed E-state index contributed by atoms with van der Waals surface area (Å²) >= 11 is 0. The van der Waals surface area contributed by atoms with Crippen LogP contribution in [0.2, 0.25) is 0 Å². The van der Waals surface area contributed by atoms with Crippen molar-refractivity contribution in [3.63, 3.8) is 0 Å². The number of nitrogens with zero attached hydrogens (tertiary/aromatic N) is 2. The predicted molar refractivity (Wildman–Crippen MR) is 56.1 cm³/mol. The van der Waals surface area contributed by atoms with Gasteiger partial charge in [0, 0.05) is 7.11 Å². The largest absolute Gasteiger partial charge is 0.373 e. The fourth-order valence-electron chi connectivity index (χ4n) is 1.36. The molecule has 5 heteroatoms. The summed E-state index contributed by atoms with van der Waals surface area (Å²) in [5.41, 5.74) is 5.79. The molecular weight excluding hydrogens is 194 g/mol. The molecule has 0 aliphatic carbocycles. The van der Waals surface area contributed by atoms with Crippen LogP contribution in [0.4, 0.5) is 0 Å². The Morgan fingerprint density at radius 2 is 2.13 bits per heavy atom. The first kappa shape index (κ1) is 12.1. The van der Waals surface area contributed by atoms with Gasteiger partial charge < -0.3 is 15.0 Å². The van der Waals surface area contributed by atoms with E-state index < -0.39 is 0 Å². The molecule has 1 rings (SSSR count). The molecule has 0 amide bonds. The number of nitrogens with two attached hydrogens (primary N) is 1. The van der Waals surface area contributed by atoms with E-state index in [1.165, 1.54) is 0 Å². The van der Waals surface area contributed by atoms with E-state index >= 15 is 0 Å². The molecule has 2 atom stereocenters. The third-order valence-electron chi connectivity index (χ3n) is 2.33. The van der Waals surface area contributed by atoms with Gasteiger partial charge in [-0.2, -0.15) is 4.98 Å². The molecule has 1 aromatic heterocycles. The van der Waals surface area contributed by atoms with E-state index in [0.717, 1.165) is 6.42 Å². The van der Waals surface area contributed by atoms with Crippen molar-refractivity contribution in [1.29, 1.82) is 0 Å². The van der Waals surface area contributed by atoms with Crippen LogP contribution in [0.3, 0.4) is 0 Å². The molecule has 0 spiro atoms. The van der Waals surface area contributed by atoms with Gasteiger partial charge in [0.1, 0.15) is 6.10 Å². The topological polar surface area (TPSA) is 74.2 Å². The van der Waals surface area contributed by atoms with Gasteiger partial charge in [-0.3, -0.25) is 0 Å². The lowest BCUT2D eigenvalue weighted by atomic mass is 10.1. The maximum Gasteiger partial charge on any atom is 0.243 e. The number of methoxy groups -OCH3 is 1. The van der Waals surface area contributed by atoms with Crippen LogP contribution in [-0.4, -0.2) is 17.3 Å². The first-order chi connectivity index (χ1) is 7.10. The molecule has 15 heavy (non-hydrogen) atoms. The molecule has 0 radical (unpaired) electrons. The van der Waals surface area contributed by atoms with Crippen molar-refractivity contribution in [3.05, 3.63) is 11.7 Å². The van der Waals surface area contributed by atoms with Crippen molar-refractivity contribution in [2.24, 2.45) is 11.7 Å². The van der Waals surface area contributed by atoms with Crippen LogP contribution in [0.25, 0.3) is 0 Å². The smallest absolute Gasteiger partial charge is 0.243 e. The van der Waals surface area contributed by atoms with Gasteiger partial charge in [0.15, 0.2) is 0 Å². The van der Waals surface area contributed by atoms with Gasteiger partial charge in [-0.15, -0.1) is 0 Å². The zero-order valence-electron chi connectivity index (χ0n) is 9.73. The lowest BCUT2D eigenvalue weighted by Crippen LogP contribution is -2.12. The van der Waals surface area contributed by atoms with E-state index in [-0.39, 0.29) is 12.1 Å². The minimum Gasteiger partial charge on any atom is -0.373 e. The molecule has 5 nitrogen and oxygen atoms in total. The van der Waals surface area contributed by atoms with Gasteiger partial charge >= 0.3 is 0 Å². The first-order valence-electron chi connectivity index (χ1n) is 5.22. The second kappa shape index (κ2) is 5.23. The molecule has 86 valence electrons. The molecule has 0 saturated carbocycles. The molecule has 0 aromatic carbocycles. The third-order valence-corrected chi connectivity index (χ3v) is 2.33.